The highest BCUT2D eigenvalue weighted by molar-refractivity contribution is 5.88. The molecule has 7 nitrogen and oxygen atoms in total. The van der Waals surface area contributed by atoms with Crippen LogP contribution in [0.1, 0.15) is 31.2 Å². The highest BCUT2D eigenvalue weighted by atomic mass is 16.4. The highest BCUT2D eigenvalue weighted by Crippen LogP contribution is 2.19. The summed E-state index contributed by atoms with van der Waals surface area (Å²) < 4.78 is 0. The van der Waals surface area contributed by atoms with Crippen molar-refractivity contribution in [2.45, 2.75) is 44.2 Å². The fraction of sp³-hybridized carbons (Fsp3) is 0.500. The minimum absolute atomic E-state index is 0.0697. The van der Waals surface area contributed by atoms with Gasteiger partial charge in [0.15, 0.2) is 0 Å². The van der Waals surface area contributed by atoms with E-state index in [0.717, 1.165) is 12.0 Å². The lowest BCUT2D eigenvalue weighted by Gasteiger charge is -2.25. The molecule has 1 saturated heterocycles. The van der Waals surface area contributed by atoms with E-state index in [1.165, 1.54) is 0 Å². The van der Waals surface area contributed by atoms with E-state index in [-0.39, 0.29) is 37.2 Å². The van der Waals surface area contributed by atoms with Gasteiger partial charge in [-0.05, 0) is 24.8 Å². The van der Waals surface area contributed by atoms with Crippen molar-refractivity contribution in [3.63, 3.8) is 0 Å². The van der Waals surface area contributed by atoms with E-state index >= 15 is 0 Å². The first-order valence-electron chi connectivity index (χ1n) is 8.56. The normalized spacial score (nSPS) is 18.0. The number of carboxylic acid groups (broad SMARTS) is 1. The van der Waals surface area contributed by atoms with Crippen molar-refractivity contribution < 1.29 is 19.5 Å². The summed E-state index contributed by atoms with van der Waals surface area (Å²) in [6.07, 6.45) is 2.02. The molecule has 0 radical (unpaired) electrons. The zero-order valence-electron chi connectivity index (χ0n) is 14.2. The molecular weight excluding hydrogens is 322 g/mol. The Labute approximate surface area is 147 Å². The third-order valence-electron chi connectivity index (χ3n) is 4.29. The maximum Gasteiger partial charge on any atom is 0.305 e. The van der Waals surface area contributed by atoms with Crippen LogP contribution in [0, 0.1) is 0 Å². The molecule has 2 amide bonds. The van der Waals surface area contributed by atoms with Gasteiger partial charge in [-0.25, -0.2) is 0 Å². The number of likely N-dealkylation sites (tertiary alicyclic amines) is 1. The number of benzene rings is 1. The van der Waals surface area contributed by atoms with E-state index in [4.69, 9.17) is 10.8 Å². The molecule has 1 aliphatic rings. The second-order valence-corrected chi connectivity index (χ2v) is 6.33. The summed E-state index contributed by atoms with van der Waals surface area (Å²) in [5, 5.41) is 11.2. The maximum atomic E-state index is 12.5. The summed E-state index contributed by atoms with van der Waals surface area (Å²) in [7, 11) is 0. The number of hydrogen-bond acceptors (Lipinski definition) is 4. The Morgan fingerprint density at radius 3 is 2.68 bits per heavy atom. The maximum absolute atomic E-state index is 12.5. The second kappa shape index (κ2) is 9.17. The van der Waals surface area contributed by atoms with Crippen molar-refractivity contribution in [2.75, 3.05) is 13.1 Å². The molecule has 1 aromatic rings. The Morgan fingerprint density at radius 2 is 2.00 bits per heavy atom. The Balaban J connectivity index is 1.84. The average Bonchev–Trinajstić information content (AvgIpc) is 3.05. The molecule has 0 spiro atoms. The van der Waals surface area contributed by atoms with Gasteiger partial charge in [0.1, 0.15) is 6.04 Å². The molecule has 0 saturated carbocycles. The number of nitrogens with one attached hydrogen (secondary N) is 1. The van der Waals surface area contributed by atoms with Gasteiger partial charge in [-0.1, -0.05) is 30.3 Å². The third-order valence-corrected chi connectivity index (χ3v) is 4.29. The summed E-state index contributed by atoms with van der Waals surface area (Å²) in [6.45, 7) is 0.605. The minimum Gasteiger partial charge on any atom is -0.481 e. The van der Waals surface area contributed by atoms with Crippen LogP contribution >= 0.6 is 0 Å². The van der Waals surface area contributed by atoms with Gasteiger partial charge >= 0.3 is 5.97 Å². The molecule has 4 N–H and O–H groups in total. The topological polar surface area (TPSA) is 113 Å². The molecule has 1 aromatic carbocycles. The molecule has 1 heterocycles. The Morgan fingerprint density at radius 1 is 1.28 bits per heavy atom. The van der Waals surface area contributed by atoms with Crippen molar-refractivity contribution in [3.8, 4) is 0 Å². The second-order valence-electron chi connectivity index (χ2n) is 6.33. The molecule has 1 aliphatic heterocycles. The largest absolute Gasteiger partial charge is 0.481 e. The lowest BCUT2D eigenvalue weighted by Crippen LogP contribution is -2.47. The van der Waals surface area contributed by atoms with Crippen molar-refractivity contribution in [1.29, 1.82) is 0 Å². The zero-order chi connectivity index (χ0) is 18.2. The van der Waals surface area contributed by atoms with Crippen LogP contribution in [0.5, 0.6) is 0 Å². The van der Waals surface area contributed by atoms with Gasteiger partial charge in [-0.15, -0.1) is 0 Å². The van der Waals surface area contributed by atoms with Gasteiger partial charge in [0, 0.05) is 25.6 Å². The number of amides is 2. The standard InChI is InChI=1S/C18H25N3O4/c19-14(11-13-5-2-1-3-6-13)12-16(22)21-10-4-7-15(21)18(25)20-9-8-17(23)24/h1-3,5-6,14-15H,4,7-12,19H2,(H,20,25)(H,23,24)/t14-,15+/m1/s1. The highest BCUT2D eigenvalue weighted by Gasteiger charge is 2.34. The van der Waals surface area contributed by atoms with Crippen molar-refractivity contribution in [1.82, 2.24) is 10.2 Å². The van der Waals surface area contributed by atoms with Crippen molar-refractivity contribution >= 4 is 17.8 Å². The van der Waals surface area contributed by atoms with E-state index in [1.807, 2.05) is 30.3 Å². The molecule has 7 heteroatoms. The number of carbonyl (C=O) groups is 3. The SMILES string of the molecule is N[C@@H](CC(=O)N1CCC[C@H]1C(=O)NCCC(=O)O)Cc1ccccc1. The van der Waals surface area contributed by atoms with Crippen molar-refractivity contribution in [3.05, 3.63) is 35.9 Å². The van der Waals surface area contributed by atoms with E-state index in [2.05, 4.69) is 5.32 Å². The number of aliphatic carboxylic acids is 1. The predicted molar refractivity (Wildman–Crippen MR) is 92.7 cm³/mol. The molecule has 0 aliphatic carbocycles. The van der Waals surface area contributed by atoms with Gasteiger partial charge in [-0.3, -0.25) is 14.4 Å². The lowest BCUT2D eigenvalue weighted by molar-refractivity contribution is -0.139. The molecule has 0 aromatic heterocycles. The van der Waals surface area contributed by atoms with Crippen LogP contribution < -0.4 is 11.1 Å². The zero-order valence-corrected chi connectivity index (χ0v) is 14.2. The van der Waals surface area contributed by atoms with E-state index < -0.39 is 12.0 Å². The minimum atomic E-state index is -0.966. The number of carbonyl (C=O) groups excluding carboxylic acids is 2. The van der Waals surface area contributed by atoms with E-state index in [9.17, 15) is 14.4 Å². The lowest BCUT2D eigenvalue weighted by atomic mass is 10.0. The Kier molecular flexibility index (Phi) is 6.94. The first-order valence-corrected chi connectivity index (χ1v) is 8.56. The Bertz CT molecular complexity index is 606. The summed E-state index contributed by atoms with van der Waals surface area (Å²) in [6, 6.07) is 8.91. The summed E-state index contributed by atoms with van der Waals surface area (Å²) in [5.41, 5.74) is 7.17. The number of nitrogens with zero attached hydrogens (tertiary/aromatic N) is 1. The molecule has 136 valence electrons. The summed E-state index contributed by atoms with van der Waals surface area (Å²) in [5.74, 6) is -1.38. The quantitative estimate of drug-likeness (QED) is 0.635. The van der Waals surface area contributed by atoms with Gasteiger partial charge in [0.2, 0.25) is 11.8 Å². The van der Waals surface area contributed by atoms with Crippen LogP contribution in [0.15, 0.2) is 30.3 Å². The first-order chi connectivity index (χ1) is 12.0. The third kappa shape index (κ3) is 5.86. The van der Waals surface area contributed by atoms with Gasteiger partial charge < -0.3 is 21.1 Å². The van der Waals surface area contributed by atoms with Gasteiger partial charge in [-0.2, -0.15) is 0 Å². The summed E-state index contributed by atoms with van der Waals surface area (Å²) in [4.78, 5) is 36.8. The van der Waals surface area contributed by atoms with E-state index in [0.29, 0.717) is 19.4 Å². The van der Waals surface area contributed by atoms with Crippen LogP contribution in [0.4, 0.5) is 0 Å². The van der Waals surface area contributed by atoms with Crippen LogP contribution in [0.25, 0.3) is 0 Å². The molecule has 25 heavy (non-hydrogen) atoms. The summed E-state index contributed by atoms with van der Waals surface area (Å²) >= 11 is 0. The number of rotatable bonds is 8. The smallest absolute Gasteiger partial charge is 0.305 e. The molecule has 1 fully saturated rings. The first kappa shape index (κ1) is 18.9. The molecule has 0 unspecified atom stereocenters. The number of nitrogens with two attached hydrogens (primary N) is 1. The van der Waals surface area contributed by atoms with Crippen LogP contribution in [0.2, 0.25) is 0 Å². The van der Waals surface area contributed by atoms with Crippen LogP contribution in [-0.4, -0.2) is 53.0 Å². The fourth-order valence-electron chi connectivity index (χ4n) is 3.08. The van der Waals surface area contributed by atoms with Crippen molar-refractivity contribution in [2.24, 2.45) is 5.73 Å². The molecule has 0 bridgehead atoms. The van der Waals surface area contributed by atoms with E-state index in [1.54, 1.807) is 4.90 Å². The predicted octanol–water partition coefficient (Wildman–Crippen LogP) is 0.528. The number of hydrogen-bond donors (Lipinski definition) is 3. The molecule has 2 rings (SSSR count). The van der Waals surface area contributed by atoms with Gasteiger partial charge in [0.25, 0.3) is 0 Å². The van der Waals surface area contributed by atoms with Gasteiger partial charge in [0.05, 0.1) is 6.42 Å². The Hall–Kier alpha value is -2.41. The fourth-order valence-corrected chi connectivity index (χ4v) is 3.08. The van der Waals surface area contributed by atoms with Crippen LogP contribution in [0.3, 0.4) is 0 Å². The molecular formula is C18H25N3O4. The molecule has 2 atom stereocenters. The average molecular weight is 347 g/mol. The number of carboxylic acids is 1. The monoisotopic (exact) mass is 347 g/mol. The van der Waals surface area contributed by atoms with Crippen LogP contribution in [-0.2, 0) is 20.8 Å².